The summed E-state index contributed by atoms with van der Waals surface area (Å²) in [5, 5.41) is 3.33. The summed E-state index contributed by atoms with van der Waals surface area (Å²) >= 11 is 0. The van der Waals surface area contributed by atoms with E-state index in [0.29, 0.717) is 24.7 Å². The molecule has 2 bridgehead atoms. The average molecular weight is 288 g/mol. The molecule has 0 aromatic rings. The van der Waals surface area contributed by atoms with E-state index in [1.807, 2.05) is 0 Å². The highest BCUT2D eigenvalue weighted by Crippen LogP contribution is 2.33. The van der Waals surface area contributed by atoms with E-state index in [1.54, 1.807) is 0 Å². The fraction of sp³-hybridized carbons (Fsp3) is 0.929. The zero-order valence-corrected chi connectivity index (χ0v) is 11.8. The lowest BCUT2D eigenvalue weighted by Gasteiger charge is -2.47. The molecule has 0 amide bonds. The molecule has 3 unspecified atom stereocenters. The molecule has 0 aliphatic carbocycles. The number of nitrogens with one attached hydrogen (secondary N) is 1. The quantitative estimate of drug-likeness (QED) is 0.800. The normalized spacial score (nSPS) is 40.6. The van der Waals surface area contributed by atoms with Gasteiger partial charge in [-0.2, -0.15) is 8.78 Å². The van der Waals surface area contributed by atoms with E-state index in [1.165, 1.54) is 19.3 Å². The Morgan fingerprint density at radius 3 is 2.55 bits per heavy atom. The Balaban J connectivity index is 1.49. The van der Waals surface area contributed by atoms with Gasteiger partial charge in [-0.3, -0.25) is 0 Å². The molecular weight excluding hydrogens is 266 g/mol. The van der Waals surface area contributed by atoms with Crippen molar-refractivity contribution in [2.45, 2.75) is 68.7 Å². The Labute approximate surface area is 117 Å². The number of alkyl halides is 2. The number of hydrogen-bond acceptors (Lipinski definition) is 4. The van der Waals surface area contributed by atoms with Gasteiger partial charge < -0.3 is 15.0 Å². The minimum Gasteiger partial charge on any atom is -0.456 e. The number of ether oxygens (including phenoxy) is 1. The number of nitrogens with zero attached hydrogens (tertiary/aromatic N) is 1. The highest BCUT2D eigenvalue weighted by atomic mass is 19.3. The number of carbonyl (C=O) groups is 1. The van der Waals surface area contributed by atoms with E-state index in [0.717, 1.165) is 12.8 Å². The highest BCUT2D eigenvalue weighted by Gasteiger charge is 2.50. The van der Waals surface area contributed by atoms with Crippen LogP contribution in [0.1, 0.15) is 38.5 Å². The minimum absolute atomic E-state index is 0.342. The third-order valence-electron chi connectivity index (χ3n) is 5.03. The molecule has 0 saturated carbocycles. The molecule has 3 saturated heterocycles. The second-order valence-corrected chi connectivity index (χ2v) is 6.42. The zero-order chi connectivity index (χ0) is 14.3. The van der Waals surface area contributed by atoms with E-state index in [9.17, 15) is 13.6 Å². The molecule has 20 heavy (non-hydrogen) atoms. The topological polar surface area (TPSA) is 41.6 Å². The van der Waals surface area contributed by atoms with Gasteiger partial charge in [0.25, 0.3) is 0 Å². The van der Waals surface area contributed by atoms with Gasteiger partial charge >= 0.3 is 11.9 Å². The largest absolute Gasteiger partial charge is 0.456 e. The third kappa shape index (κ3) is 2.68. The first-order chi connectivity index (χ1) is 9.45. The van der Waals surface area contributed by atoms with Crippen LogP contribution in [0.25, 0.3) is 0 Å². The van der Waals surface area contributed by atoms with Crippen LogP contribution < -0.4 is 5.32 Å². The number of fused-ring (bicyclic) bond motifs is 2. The summed E-state index contributed by atoms with van der Waals surface area (Å²) in [4.78, 5) is 13.4. The molecule has 3 rings (SSSR count). The van der Waals surface area contributed by atoms with Crippen molar-refractivity contribution in [3.05, 3.63) is 0 Å². The monoisotopic (exact) mass is 288 g/mol. The molecular formula is C14H22F2N2O2. The number of rotatable bonds is 3. The molecule has 3 fully saturated rings. The van der Waals surface area contributed by atoms with Gasteiger partial charge in [0.15, 0.2) is 0 Å². The third-order valence-corrected chi connectivity index (χ3v) is 5.03. The SMILES string of the molecule is CN1C2CCCC1CC(NCC1CC(F)(F)C(=O)O1)C2. The highest BCUT2D eigenvalue weighted by molar-refractivity contribution is 5.79. The predicted octanol–water partition coefficient (Wildman–Crippen LogP) is 1.54. The summed E-state index contributed by atoms with van der Waals surface area (Å²) in [6.45, 7) is 0.342. The maximum Gasteiger partial charge on any atom is 0.377 e. The first-order valence-electron chi connectivity index (χ1n) is 7.50. The summed E-state index contributed by atoms with van der Waals surface area (Å²) in [7, 11) is 2.18. The van der Waals surface area contributed by atoms with Gasteiger partial charge in [0.2, 0.25) is 0 Å². The lowest BCUT2D eigenvalue weighted by Crippen LogP contribution is -2.55. The van der Waals surface area contributed by atoms with Gasteiger partial charge in [-0.25, -0.2) is 4.79 Å². The lowest BCUT2D eigenvalue weighted by molar-refractivity contribution is -0.159. The van der Waals surface area contributed by atoms with E-state index in [2.05, 4.69) is 17.3 Å². The Morgan fingerprint density at radius 1 is 1.35 bits per heavy atom. The van der Waals surface area contributed by atoms with Crippen molar-refractivity contribution in [2.75, 3.05) is 13.6 Å². The van der Waals surface area contributed by atoms with E-state index in [4.69, 9.17) is 4.74 Å². The standard InChI is InChI=1S/C14H22F2N2O2/c1-18-10-3-2-4-11(18)6-9(5-10)17-8-12-7-14(15,16)13(19)20-12/h9-12,17H,2-8H2,1H3. The van der Waals surface area contributed by atoms with Crippen molar-refractivity contribution in [1.82, 2.24) is 10.2 Å². The van der Waals surface area contributed by atoms with Gasteiger partial charge in [0, 0.05) is 24.7 Å². The summed E-state index contributed by atoms with van der Waals surface area (Å²) in [5.41, 5.74) is 0. The number of halogens is 2. The number of piperidine rings is 2. The van der Waals surface area contributed by atoms with Crippen LogP contribution in [-0.4, -0.2) is 54.6 Å². The first-order valence-corrected chi connectivity index (χ1v) is 7.50. The van der Waals surface area contributed by atoms with Crippen LogP contribution in [0.15, 0.2) is 0 Å². The molecule has 0 aromatic heterocycles. The fourth-order valence-corrected chi connectivity index (χ4v) is 3.84. The average Bonchev–Trinajstić information content (AvgIpc) is 2.61. The molecule has 4 nitrogen and oxygen atoms in total. The summed E-state index contributed by atoms with van der Waals surface area (Å²) in [6, 6.07) is 1.56. The molecule has 6 heteroatoms. The fourth-order valence-electron chi connectivity index (χ4n) is 3.84. The van der Waals surface area contributed by atoms with E-state index >= 15 is 0 Å². The van der Waals surface area contributed by atoms with Crippen molar-refractivity contribution in [3.8, 4) is 0 Å². The van der Waals surface area contributed by atoms with Crippen LogP contribution in [0.2, 0.25) is 0 Å². The number of carbonyl (C=O) groups excluding carboxylic acids is 1. The number of cyclic esters (lactones) is 1. The van der Waals surface area contributed by atoms with Crippen molar-refractivity contribution >= 4 is 5.97 Å². The van der Waals surface area contributed by atoms with Crippen LogP contribution in [-0.2, 0) is 9.53 Å². The van der Waals surface area contributed by atoms with Crippen LogP contribution >= 0.6 is 0 Å². The first kappa shape index (κ1) is 14.2. The predicted molar refractivity (Wildman–Crippen MR) is 69.7 cm³/mol. The van der Waals surface area contributed by atoms with Crippen LogP contribution in [0.5, 0.6) is 0 Å². The molecule has 3 aliphatic rings. The second kappa shape index (κ2) is 5.22. The minimum atomic E-state index is -3.30. The molecule has 0 radical (unpaired) electrons. The maximum atomic E-state index is 13.1. The summed E-state index contributed by atoms with van der Waals surface area (Å²) in [5.74, 6) is -4.67. The second-order valence-electron chi connectivity index (χ2n) is 6.42. The molecule has 3 aliphatic heterocycles. The van der Waals surface area contributed by atoms with E-state index in [-0.39, 0.29) is 0 Å². The molecule has 0 spiro atoms. The molecule has 114 valence electrons. The van der Waals surface area contributed by atoms with Crippen LogP contribution in [0, 0.1) is 0 Å². The Morgan fingerprint density at radius 2 is 2.00 bits per heavy atom. The van der Waals surface area contributed by atoms with Crippen molar-refractivity contribution in [1.29, 1.82) is 0 Å². The smallest absolute Gasteiger partial charge is 0.377 e. The number of hydrogen-bond donors (Lipinski definition) is 1. The van der Waals surface area contributed by atoms with Crippen molar-refractivity contribution in [3.63, 3.8) is 0 Å². The van der Waals surface area contributed by atoms with Gasteiger partial charge in [-0.15, -0.1) is 0 Å². The Kier molecular flexibility index (Phi) is 3.71. The molecule has 3 heterocycles. The zero-order valence-electron chi connectivity index (χ0n) is 11.8. The van der Waals surface area contributed by atoms with Crippen LogP contribution in [0.3, 0.4) is 0 Å². The summed E-state index contributed by atoms with van der Waals surface area (Å²) < 4.78 is 30.9. The Hall–Kier alpha value is -0.750. The van der Waals surface area contributed by atoms with E-state index < -0.39 is 24.4 Å². The Bertz CT molecular complexity index is 377. The van der Waals surface area contributed by atoms with Crippen molar-refractivity contribution < 1.29 is 18.3 Å². The maximum absolute atomic E-state index is 13.1. The molecule has 0 aromatic carbocycles. The molecule has 3 atom stereocenters. The lowest BCUT2D eigenvalue weighted by atomic mass is 9.82. The van der Waals surface area contributed by atoms with Crippen molar-refractivity contribution in [2.24, 2.45) is 0 Å². The number of esters is 1. The van der Waals surface area contributed by atoms with Crippen LogP contribution in [0.4, 0.5) is 8.78 Å². The molecule has 1 N–H and O–H groups in total. The van der Waals surface area contributed by atoms with Gasteiger partial charge in [-0.1, -0.05) is 6.42 Å². The van der Waals surface area contributed by atoms with Gasteiger partial charge in [0.05, 0.1) is 6.42 Å². The summed E-state index contributed by atoms with van der Waals surface area (Å²) in [6.07, 6.45) is 4.69. The van der Waals surface area contributed by atoms with Gasteiger partial charge in [0.1, 0.15) is 6.10 Å². The van der Waals surface area contributed by atoms with Gasteiger partial charge in [-0.05, 0) is 32.7 Å².